The van der Waals surface area contributed by atoms with Crippen molar-refractivity contribution < 1.29 is 4.79 Å². The van der Waals surface area contributed by atoms with Crippen LogP contribution in [0.2, 0.25) is 0 Å². The van der Waals surface area contributed by atoms with E-state index < -0.39 is 0 Å². The number of carbonyl (C=O) groups excluding carboxylic acids is 1. The fourth-order valence-corrected chi connectivity index (χ4v) is 3.93. The van der Waals surface area contributed by atoms with Gasteiger partial charge in [0.1, 0.15) is 16.6 Å². The summed E-state index contributed by atoms with van der Waals surface area (Å²) in [7, 11) is 0. The number of thiazole rings is 1. The van der Waals surface area contributed by atoms with Gasteiger partial charge in [-0.05, 0) is 39.2 Å². The number of nitrogens with two attached hydrogens (primary N) is 1. The Bertz CT molecular complexity index is 646. The van der Waals surface area contributed by atoms with E-state index in [-0.39, 0.29) is 5.92 Å². The SMILES string of the molecule is Cc1ncc(-c2nc3c(s2)CC(C(=O)CCCN)CC3)[nH]1. The molecule has 2 heterocycles. The Kier molecular flexibility index (Phi) is 4.17. The quantitative estimate of drug-likeness (QED) is 0.887. The Morgan fingerprint density at radius 1 is 1.57 bits per heavy atom. The van der Waals surface area contributed by atoms with Crippen molar-refractivity contribution in [1.82, 2.24) is 15.0 Å². The number of aryl methyl sites for hydroxylation is 2. The highest BCUT2D eigenvalue weighted by Gasteiger charge is 2.27. The standard InChI is InChI=1S/C15H20N4OS/c1-9-17-8-12(18-9)15-19-11-5-4-10(7-14(11)21-15)13(20)3-2-6-16/h8,10H,2-7,16H2,1H3,(H,17,18). The van der Waals surface area contributed by atoms with Gasteiger partial charge < -0.3 is 10.7 Å². The Balaban J connectivity index is 1.74. The minimum atomic E-state index is 0.154. The van der Waals surface area contributed by atoms with Crippen molar-refractivity contribution in [3.63, 3.8) is 0 Å². The van der Waals surface area contributed by atoms with Gasteiger partial charge in [-0.3, -0.25) is 4.79 Å². The summed E-state index contributed by atoms with van der Waals surface area (Å²) >= 11 is 1.69. The highest BCUT2D eigenvalue weighted by molar-refractivity contribution is 7.15. The van der Waals surface area contributed by atoms with Gasteiger partial charge in [-0.25, -0.2) is 9.97 Å². The van der Waals surface area contributed by atoms with Crippen LogP contribution in [0.15, 0.2) is 6.20 Å². The number of rotatable bonds is 5. The number of imidazole rings is 1. The van der Waals surface area contributed by atoms with E-state index in [9.17, 15) is 4.79 Å². The molecule has 0 bridgehead atoms. The molecule has 2 aromatic rings. The fraction of sp³-hybridized carbons (Fsp3) is 0.533. The first kappa shape index (κ1) is 14.4. The maximum Gasteiger partial charge on any atom is 0.141 e. The lowest BCUT2D eigenvalue weighted by atomic mass is 9.86. The summed E-state index contributed by atoms with van der Waals surface area (Å²) < 4.78 is 0. The van der Waals surface area contributed by atoms with Crippen LogP contribution >= 0.6 is 11.3 Å². The second-order valence-corrected chi connectivity index (χ2v) is 6.65. The summed E-state index contributed by atoms with van der Waals surface area (Å²) in [5.41, 5.74) is 7.61. The zero-order valence-corrected chi connectivity index (χ0v) is 13.0. The van der Waals surface area contributed by atoms with Crippen molar-refractivity contribution >= 4 is 17.1 Å². The summed E-state index contributed by atoms with van der Waals surface area (Å²) in [4.78, 5) is 25.6. The van der Waals surface area contributed by atoms with Crippen molar-refractivity contribution in [2.24, 2.45) is 11.7 Å². The molecule has 1 unspecified atom stereocenters. The highest BCUT2D eigenvalue weighted by atomic mass is 32.1. The lowest BCUT2D eigenvalue weighted by Crippen LogP contribution is -2.22. The number of aromatic nitrogens is 3. The van der Waals surface area contributed by atoms with Gasteiger partial charge in [-0.15, -0.1) is 11.3 Å². The third kappa shape index (κ3) is 3.06. The van der Waals surface area contributed by atoms with Gasteiger partial charge in [0.2, 0.25) is 0 Å². The molecule has 1 aliphatic carbocycles. The second-order valence-electron chi connectivity index (χ2n) is 5.57. The topological polar surface area (TPSA) is 84.7 Å². The van der Waals surface area contributed by atoms with Crippen molar-refractivity contribution in [2.45, 2.75) is 39.0 Å². The number of hydrogen-bond acceptors (Lipinski definition) is 5. The van der Waals surface area contributed by atoms with E-state index in [1.807, 2.05) is 13.1 Å². The molecule has 112 valence electrons. The van der Waals surface area contributed by atoms with Crippen LogP contribution in [0.4, 0.5) is 0 Å². The lowest BCUT2D eigenvalue weighted by molar-refractivity contribution is -0.123. The van der Waals surface area contributed by atoms with Gasteiger partial charge in [-0.2, -0.15) is 0 Å². The van der Waals surface area contributed by atoms with Crippen LogP contribution in [0.25, 0.3) is 10.7 Å². The van der Waals surface area contributed by atoms with Crippen LogP contribution in [0.5, 0.6) is 0 Å². The molecule has 0 fully saturated rings. The monoisotopic (exact) mass is 304 g/mol. The van der Waals surface area contributed by atoms with Gasteiger partial charge in [0.15, 0.2) is 0 Å². The number of H-pyrrole nitrogens is 1. The summed E-state index contributed by atoms with van der Waals surface area (Å²) in [6, 6.07) is 0. The Morgan fingerprint density at radius 3 is 3.14 bits per heavy atom. The van der Waals surface area contributed by atoms with Crippen molar-refractivity contribution in [1.29, 1.82) is 0 Å². The maximum absolute atomic E-state index is 12.2. The summed E-state index contributed by atoms with van der Waals surface area (Å²) in [6.45, 7) is 2.52. The fourth-order valence-electron chi connectivity index (χ4n) is 2.77. The molecule has 1 atom stereocenters. The van der Waals surface area contributed by atoms with Gasteiger partial charge in [0.25, 0.3) is 0 Å². The minimum absolute atomic E-state index is 0.154. The van der Waals surface area contributed by atoms with Crippen LogP contribution in [0.3, 0.4) is 0 Å². The minimum Gasteiger partial charge on any atom is -0.340 e. The zero-order valence-electron chi connectivity index (χ0n) is 12.2. The van der Waals surface area contributed by atoms with Gasteiger partial charge in [0, 0.05) is 17.2 Å². The van der Waals surface area contributed by atoms with E-state index >= 15 is 0 Å². The first-order valence-electron chi connectivity index (χ1n) is 7.40. The molecule has 0 radical (unpaired) electrons. The number of hydrogen-bond donors (Lipinski definition) is 2. The lowest BCUT2D eigenvalue weighted by Gasteiger charge is -2.19. The van der Waals surface area contributed by atoms with Crippen LogP contribution in [-0.4, -0.2) is 27.3 Å². The van der Waals surface area contributed by atoms with E-state index in [1.54, 1.807) is 11.3 Å². The predicted octanol–water partition coefficient (Wildman–Crippen LogP) is 2.25. The van der Waals surface area contributed by atoms with Crippen molar-refractivity contribution in [2.75, 3.05) is 6.54 Å². The number of Topliss-reactive ketones (excluding diaryl/α,β-unsaturated/α-hetero) is 1. The number of fused-ring (bicyclic) bond motifs is 1. The number of carbonyl (C=O) groups is 1. The van der Waals surface area contributed by atoms with Crippen LogP contribution in [0.1, 0.15) is 35.7 Å². The first-order chi connectivity index (χ1) is 10.2. The Morgan fingerprint density at radius 2 is 2.43 bits per heavy atom. The number of aromatic amines is 1. The number of nitrogens with one attached hydrogen (secondary N) is 1. The largest absolute Gasteiger partial charge is 0.340 e. The molecule has 0 saturated carbocycles. The van der Waals surface area contributed by atoms with E-state index in [2.05, 4.69) is 9.97 Å². The van der Waals surface area contributed by atoms with Gasteiger partial charge in [-0.1, -0.05) is 0 Å². The molecule has 0 aliphatic heterocycles. The predicted molar refractivity (Wildman–Crippen MR) is 83.2 cm³/mol. The molecular weight excluding hydrogens is 284 g/mol. The molecule has 3 N–H and O–H groups in total. The smallest absolute Gasteiger partial charge is 0.141 e. The van der Waals surface area contributed by atoms with Crippen LogP contribution < -0.4 is 5.73 Å². The third-order valence-electron chi connectivity index (χ3n) is 3.96. The van der Waals surface area contributed by atoms with E-state index in [0.717, 1.165) is 47.9 Å². The zero-order chi connectivity index (χ0) is 14.8. The molecule has 21 heavy (non-hydrogen) atoms. The van der Waals surface area contributed by atoms with Crippen molar-refractivity contribution in [3.05, 3.63) is 22.6 Å². The average molecular weight is 304 g/mol. The van der Waals surface area contributed by atoms with Gasteiger partial charge in [0.05, 0.1) is 17.6 Å². The summed E-state index contributed by atoms with van der Waals surface area (Å²) in [5, 5.41) is 0.982. The first-order valence-corrected chi connectivity index (χ1v) is 8.22. The molecule has 3 rings (SSSR count). The van der Waals surface area contributed by atoms with E-state index in [0.29, 0.717) is 18.7 Å². The number of ketones is 1. The van der Waals surface area contributed by atoms with E-state index in [4.69, 9.17) is 10.7 Å². The highest BCUT2D eigenvalue weighted by Crippen LogP contribution is 2.34. The van der Waals surface area contributed by atoms with Gasteiger partial charge >= 0.3 is 0 Å². The summed E-state index contributed by atoms with van der Waals surface area (Å²) in [5.74, 6) is 1.41. The number of nitrogens with zero attached hydrogens (tertiary/aromatic N) is 2. The van der Waals surface area contributed by atoms with Crippen LogP contribution in [0, 0.1) is 12.8 Å². The summed E-state index contributed by atoms with van der Waals surface area (Å²) in [6.07, 6.45) is 5.89. The molecule has 0 spiro atoms. The maximum atomic E-state index is 12.2. The average Bonchev–Trinajstić information content (AvgIpc) is 3.09. The second kappa shape index (κ2) is 6.07. The Hall–Kier alpha value is -1.53. The normalized spacial score (nSPS) is 17.7. The molecular formula is C15H20N4OS. The Labute approximate surface area is 128 Å². The van der Waals surface area contributed by atoms with Crippen LogP contribution in [-0.2, 0) is 17.6 Å². The molecule has 5 nitrogen and oxygen atoms in total. The molecule has 2 aromatic heterocycles. The third-order valence-corrected chi connectivity index (χ3v) is 5.11. The molecule has 0 amide bonds. The molecule has 0 aromatic carbocycles. The molecule has 0 saturated heterocycles. The molecule has 1 aliphatic rings. The molecule has 6 heteroatoms. The van der Waals surface area contributed by atoms with E-state index in [1.165, 1.54) is 4.88 Å². The van der Waals surface area contributed by atoms with Crippen molar-refractivity contribution in [3.8, 4) is 10.7 Å².